The number of nitrogens with zero attached hydrogens (tertiary/aromatic N) is 1. The van der Waals surface area contributed by atoms with Gasteiger partial charge >= 0.3 is 6.11 Å². The van der Waals surface area contributed by atoms with Crippen LogP contribution in [-0.2, 0) is 6.11 Å². The fourth-order valence-corrected chi connectivity index (χ4v) is 4.73. The molecule has 0 saturated heterocycles. The van der Waals surface area contributed by atoms with Crippen LogP contribution in [0.2, 0.25) is 0 Å². The predicted octanol–water partition coefficient (Wildman–Crippen LogP) is 8.21. The Bertz CT molecular complexity index is 1660. The van der Waals surface area contributed by atoms with E-state index in [9.17, 15) is 39.5 Å². The molecule has 0 aliphatic carbocycles. The van der Waals surface area contributed by atoms with E-state index in [0.29, 0.717) is 48.9 Å². The summed E-state index contributed by atoms with van der Waals surface area (Å²) in [6.07, 6.45) is -2.69. The molecule has 4 aromatic carbocycles. The first-order valence-corrected chi connectivity index (χ1v) is 12.4. The van der Waals surface area contributed by atoms with E-state index >= 15 is 0 Å². The Labute approximate surface area is 233 Å². The zero-order valence-corrected chi connectivity index (χ0v) is 21.3. The summed E-state index contributed by atoms with van der Waals surface area (Å²) in [6.45, 7) is 0.261. The molecule has 0 bridgehead atoms. The van der Waals surface area contributed by atoms with Crippen LogP contribution in [0.5, 0.6) is 5.75 Å². The molecule has 0 fully saturated rings. The highest BCUT2D eigenvalue weighted by atomic mass is 19.3. The van der Waals surface area contributed by atoms with Gasteiger partial charge in [0, 0.05) is 30.3 Å². The molecule has 2 N–H and O–H groups in total. The van der Waals surface area contributed by atoms with Crippen LogP contribution in [0.3, 0.4) is 0 Å². The molecule has 2 atom stereocenters. The van der Waals surface area contributed by atoms with Crippen LogP contribution in [0, 0.1) is 46.6 Å². The Balaban J connectivity index is 1.39. The zero-order chi connectivity index (χ0) is 30.3. The lowest BCUT2D eigenvalue weighted by Crippen LogP contribution is -2.25. The number of nitrogens with two attached hydrogens (primary N) is 1. The second kappa shape index (κ2) is 11.2. The van der Waals surface area contributed by atoms with Crippen LogP contribution >= 0.6 is 0 Å². The van der Waals surface area contributed by atoms with Gasteiger partial charge in [-0.2, -0.15) is 8.78 Å². The summed E-state index contributed by atoms with van der Waals surface area (Å²) < 4.78 is 135. The van der Waals surface area contributed by atoms with Crippen molar-refractivity contribution < 1.29 is 44.3 Å². The van der Waals surface area contributed by atoms with Crippen molar-refractivity contribution in [2.75, 3.05) is 6.54 Å². The van der Waals surface area contributed by atoms with Gasteiger partial charge in [0.15, 0.2) is 11.6 Å². The fourth-order valence-electron chi connectivity index (χ4n) is 4.73. The predicted molar refractivity (Wildman–Crippen MR) is 136 cm³/mol. The number of rotatable bonds is 7. The van der Waals surface area contributed by atoms with Crippen LogP contribution in [0.1, 0.15) is 23.6 Å². The molecule has 0 saturated carbocycles. The van der Waals surface area contributed by atoms with Crippen molar-refractivity contribution >= 4 is 6.21 Å². The Kier molecular flexibility index (Phi) is 7.76. The summed E-state index contributed by atoms with van der Waals surface area (Å²) in [5, 5.41) is 0. The Morgan fingerprint density at radius 1 is 0.714 bits per heavy atom. The quantitative estimate of drug-likeness (QED) is 0.219. The molecule has 42 heavy (non-hydrogen) atoms. The summed E-state index contributed by atoms with van der Waals surface area (Å²) in [4.78, 5) is 4.11. The van der Waals surface area contributed by atoms with E-state index in [1.807, 2.05) is 0 Å². The molecule has 0 spiro atoms. The minimum absolute atomic E-state index is 0.0298. The van der Waals surface area contributed by atoms with Gasteiger partial charge in [-0.3, -0.25) is 4.99 Å². The molecular weight excluding hydrogens is 575 g/mol. The second-order valence-electron chi connectivity index (χ2n) is 9.61. The van der Waals surface area contributed by atoms with E-state index in [1.54, 1.807) is 0 Å². The fraction of sp³-hybridized carbons (Fsp3) is 0.167. The van der Waals surface area contributed by atoms with Gasteiger partial charge in [-0.25, -0.2) is 30.7 Å². The van der Waals surface area contributed by atoms with E-state index in [4.69, 9.17) is 5.73 Å². The monoisotopic (exact) mass is 594 g/mol. The van der Waals surface area contributed by atoms with Gasteiger partial charge in [-0.15, -0.1) is 0 Å². The van der Waals surface area contributed by atoms with Crippen molar-refractivity contribution in [1.29, 1.82) is 0 Å². The molecule has 0 radical (unpaired) electrons. The Morgan fingerprint density at radius 3 is 1.93 bits per heavy atom. The summed E-state index contributed by atoms with van der Waals surface area (Å²) in [6, 6.07) is 6.55. The largest absolute Gasteiger partial charge is 0.432 e. The number of benzene rings is 4. The zero-order valence-electron chi connectivity index (χ0n) is 21.3. The van der Waals surface area contributed by atoms with Crippen LogP contribution < -0.4 is 10.5 Å². The summed E-state index contributed by atoms with van der Waals surface area (Å²) >= 11 is 0. The molecule has 1 aliphatic heterocycles. The molecule has 3 nitrogen and oxygen atoms in total. The van der Waals surface area contributed by atoms with Crippen molar-refractivity contribution in [1.82, 2.24) is 0 Å². The van der Waals surface area contributed by atoms with Crippen molar-refractivity contribution in [3.8, 4) is 28.0 Å². The average molecular weight is 594 g/mol. The van der Waals surface area contributed by atoms with Crippen LogP contribution in [-0.4, -0.2) is 12.8 Å². The number of ether oxygens (including phenoxy) is 1. The topological polar surface area (TPSA) is 47.6 Å². The number of alkyl halides is 2. The first-order chi connectivity index (χ1) is 19.9. The van der Waals surface area contributed by atoms with Gasteiger partial charge in [0.05, 0.1) is 11.6 Å². The summed E-state index contributed by atoms with van der Waals surface area (Å²) in [5.41, 5.74) is 2.07. The van der Waals surface area contributed by atoms with Crippen molar-refractivity contribution in [3.05, 3.63) is 113 Å². The van der Waals surface area contributed by atoms with Crippen molar-refractivity contribution in [2.45, 2.75) is 18.6 Å². The normalized spacial score (nSPS) is 16.7. The van der Waals surface area contributed by atoms with E-state index in [2.05, 4.69) is 9.73 Å². The van der Waals surface area contributed by atoms with Gasteiger partial charge in [-0.1, -0.05) is 6.07 Å². The highest BCUT2D eigenvalue weighted by molar-refractivity contribution is 5.72. The van der Waals surface area contributed by atoms with E-state index < -0.39 is 75.3 Å². The molecule has 12 heteroatoms. The molecule has 1 heterocycles. The maximum atomic E-state index is 14.9. The van der Waals surface area contributed by atoms with Crippen LogP contribution in [0.4, 0.5) is 39.5 Å². The van der Waals surface area contributed by atoms with Crippen molar-refractivity contribution in [2.24, 2.45) is 16.6 Å². The number of halogens is 9. The third kappa shape index (κ3) is 5.58. The van der Waals surface area contributed by atoms with Crippen molar-refractivity contribution in [3.63, 3.8) is 0 Å². The molecular formula is C30H19F9N2O. The molecule has 218 valence electrons. The Morgan fingerprint density at radius 2 is 1.36 bits per heavy atom. The molecule has 4 aromatic rings. The maximum absolute atomic E-state index is 14.9. The molecule has 0 amide bonds. The minimum Gasteiger partial charge on any atom is -0.429 e. The highest BCUT2D eigenvalue weighted by Crippen LogP contribution is 2.39. The lowest BCUT2D eigenvalue weighted by Gasteiger charge is -2.21. The lowest BCUT2D eigenvalue weighted by molar-refractivity contribution is -0.189. The second-order valence-corrected chi connectivity index (χ2v) is 9.61. The third-order valence-electron chi connectivity index (χ3n) is 6.79. The van der Waals surface area contributed by atoms with Crippen LogP contribution in [0.25, 0.3) is 22.3 Å². The van der Waals surface area contributed by atoms with E-state index in [1.165, 1.54) is 6.21 Å². The standard InChI is InChI=1S/C30H19F9N2O/c31-20-4-1-15(6-22(20)33)28-23(34)7-16(8-24(28)35)19-3-2-18(11-21(19)32)42-30(38,39)29-25(36)9-17(10-26(29)37)27-5-14(12-40)13-41-27/h1-4,6-11,13-14,27H,5,12,40H2/t14?,27-/m1/s1. The lowest BCUT2D eigenvalue weighted by atomic mass is 9.97. The van der Waals surface area contributed by atoms with Crippen LogP contribution in [0.15, 0.2) is 65.7 Å². The van der Waals surface area contributed by atoms with Gasteiger partial charge in [0.25, 0.3) is 0 Å². The maximum Gasteiger partial charge on any atom is 0.432 e. The smallest absolute Gasteiger partial charge is 0.429 e. The highest BCUT2D eigenvalue weighted by Gasteiger charge is 2.42. The SMILES string of the molecule is NCC1C=N[C@@H](c2cc(F)c(C(F)(F)Oc3ccc(-c4cc(F)c(-c5ccc(F)c(F)c5)c(F)c4)c(F)c3)c(F)c2)C1. The van der Waals surface area contributed by atoms with Gasteiger partial charge in [-0.05, 0) is 71.6 Å². The average Bonchev–Trinajstić information content (AvgIpc) is 3.39. The van der Waals surface area contributed by atoms with Gasteiger partial charge < -0.3 is 10.5 Å². The van der Waals surface area contributed by atoms with E-state index in [0.717, 1.165) is 18.2 Å². The number of hydrogen-bond donors (Lipinski definition) is 1. The van der Waals surface area contributed by atoms with Gasteiger partial charge in [0.2, 0.25) is 0 Å². The van der Waals surface area contributed by atoms with E-state index in [-0.39, 0.29) is 29.2 Å². The molecule has 5 rings (SSSR count). The third-order valence-corrected chi connectivity index (χ3v) is 6.79. The summed E-state index contributed by atoms with van der Waals surface area (Å²) in [5.74, 6) is -10.5. The molecule has 1 unspecified atom stereocenters. The minimum atomic E-state index is -4.58. The molecule has 1 aliphatic rings. The first-order valence-electron chi connectivity index (χ1n) is 12.4. The first kappa shape index (κ1) is 29.2. The summed E-state index contributed by atoms with van der Waals surface area (Å²) in [7, 11) is 0. The number of hydrogen-bond acceptors (Lipinski definition) is 3. The molecule has 0 aromatic heterocycles. The Hall–Kier alpha value is -4.32. The van der Waals surface area contributed by atoms with Gasteiger partial charge in [0.1, 0.15) is 40.4 Å². The number of aliphatic imine (C=N–C) groups is 1.